The van der Waals surface area contributed by atoms with Gasteiger partial charge in [0, 0.05) is 36.7 Å². The van der Waals surface area contributed by atoms with Crippen molar-refractivity contribution in [2.24, 2.45) is 0 Å². The van der Waals surface area contributed by atoms with E-state index in [1.54, 1.807) is 6.92 Å². The van der Waals surface area contributed by atoms with Gasteiger partial charge in [0.1, 0.15) is 18.2 Å². The van der Waals surface area contributed by atoms with Crippen LogP contribution in [0.25, 0.3) is 0 Å². The number of hydrogen-bond acceptors (Lipinski definition) is 5. The molecule has 2 aliphatic heterocycles. The van der Waals surface area contributed by atoms with Crippen LogP contribution in [0.2, 0.25) is 0 Å². The third kappa shape index (κ3) is 4.31. The fraction of sp³-hybridized carbons (Fsp3) is 0.455. The second kappa shape index (κ2) is 8.53. The van der Waals surface area contributed by atoms with Gasteiger partial charge in [0.05, 0.1) is 17.5 Å². The number of likely N-dealkylation sites (N-methyl/N-ethyl adjacent to an activating group) is 1. The lowest BCUT2D eigenvalue weighted by Gasteiger charge is -2.42. The number of fused-ring (bicyclic) bond motifs is 1. The zero-order valence-electron chi connectivity index (χ0n) is 17.3. The maximum Gasteiger partial charge on any atom is 0.211 e. The van der Waals surface area contributed by atoms with Crippen molar-refractivity contribution >= 4 is 15.7 Å². The summed E-state index contributed by atoms with van der Waals surface area (Å²) in [7, 11) is -1.34. The Morgan fingerprint density at radius 1 is 1.20 bits per heavy atom. The fourth-order valence-electron chi connectivity index (χ4n) is 4.22. The lowest BCUT2D eigenvalue weighted by atomic mass is 9.83. The van der Waals surface area contributed by atoms with Crippen molar-refractivity contribution in [3.8, 4) is 5.75 Å². The van der Waals surface area contributed by atoms with Crippen LogP contribution in [0.1, 0.15) is 24.0 Å². The van der Waals surface area contributed by atoms with E-state index in [0.717, 1.165) is 12.0 Å². The molecule has 4 rings (SSSR count). The zero-order chi connectivity index (χ0) is 21.3. The first-order valence-electron chi connectivity index (χ1n) is 10.3. The van der Waals surface area contributed by atoms with Crippen LogP contribution < -0.4 is 19.7 Å². The molecule has 0 bridgehead atoms. The summed E-state index contributed by atoms with van der Waals surface area (Å²) in [5.74, 6) is 0.441. The first-order chi connectivity index (χ1) is 14.4. The molecule has 2 aromatic rings. The molecular weight excluding hydrogens is 405 g/mol. The average Bonchev–Trinajstić information content (AvgIpc) is 2.71. The first-order valence-corrected chi connectivity index (χ1v) is 12.0. The molecule has 2 aliphatic rings. The minimum atomic E-state index is -3.26. The molecule has 1 saturated heterocycles. The maximum atomic E-state index is 14.8. The van der Waals surface area contributed by atoms with Crippen molar-refractivity contribution in [3.63, 3.8) is 0 Å². The molecular formula is C22H28FN3O3S. The summed E-state index contributed by atoms with van der Waals surface area (Å²) in [6.45, 7) is 3.00. The van der Waals surface area contributed by atoms with Crippen molar-refractivity contribution in [2.75, 3.05) is 37.4 Å². The van der Waals surface area contributed by atoms with Crippen molar-refractivity contribution in [3.05, 3.63) is 59.4 Å². The third-order valence-electron chi connectivity index (χ3n) is 6.00. The monoisotopic (exact) mass is 433 g/mol. The smallest absolute Gasteiger partial charge is 0.211 e. The van der Waals surface area contributed by atoms with Crippen molar-refractivity contribution in [1.82, 2.24) is 10.0 Å². The number of nitrogens with one attached hydrogen (secondary N) is 2. The van der Waals surface area contributed by atoms with Gasteiger partial charge in [0.15, 0.2) is 0 Å². The highest BCUT2D eigenvalue weighted by Crippen LogP contribution is 2.40. The molecule has 162 valence electrons. The second-order valence-corrected chi connectivity index (χ2v) is 10.0. The first kappa shape index (κ1) is 21.1. The number of anilines is 1. The van der Waals surface area contributed by atoms with E-state index in [-0.39, 0.29) is 29.6 Å². The van der Waals surface area contributed by atoms with Crippen LogP contribution in [0.5, 0.6) is 5.75 Å². The van der Waals surface area contributed by atoms with Gasteiger partial charge in [-0.1, -0.05) is 30.3 Å². The second-order valence-electron chi connectivity index (χ2n) is 7.97. The number of benzene rings is 2. The van der Waals surface area contributed by atoms with E-state index in [4.69, 9.17) is 4.74 Å². The highest BCUT2D eigenvalue weighted by molar-refractivity contribution is 7.89. The van der Waals surface area contributed by atoms with Gasteiger partial charge in [-0.3, -0.25) is 0 Å². The van der Waals surface area contributed by atoms with E-state index < -0.39 is 10.0 Å². The van der Waals surface area contributed by atoms with Gasteiger partial charge in [-0.15, -0.1) is 0 Å². The zero-order valence-corrected chi connectivity index (χ0v) is 18.1. The Balaban J connectivity index is 1.58. The normalized spacial score (nSPS) is 21.6. The van der Waals surface area contributed by atoms with Gasteiger partial charge in [-0.25, -0.2) is 17.5 Å². The standard InChI is InChI=1S/C22H28FN3O3S/c1-3-30(27,28)25-16-12-26(13-16)21-10-18-17(9-15-7-5-4-6-8-15)20(24-2)14-29-22(18)11-19(21)23/h4-8,10-11,16-17,20,24-25H,3,9,12-14H2,1-2H3/t17-,20+/m1/s1. The third-order valence-corrected chi connectivity index (χ3v) is 7.45. The Kier molecular flexibility index (Phi) is 5.99. The molecule has 30 heavy (non-hydrogen) atoms. The summed E-state index contributed by atoms with van der Waals surface area (Å²) in [6.07, 6.45) is 0.826. The van der Waals surface area contributed by atoms with Crippen molar-refractivity contribution in [2.45, 2.75) is 31.3 Å². The lowest BCUT2D eigenvalue weighted by molar-refractivity contribution is 0.218. The molecule has 0 amide bonds. The van der Waals surface area contributed by atoms with E-state index in [0.29, 0.717) is 31.1 Å². The average molecular weight is 434 g/mol. The molecule has 0 radical (unpaired) electrons. The highest BCUT2D eigenvalue weighted by atomic mass is 32.2. The molecule has 0 saturated carbocycles. The Labute approximate surface area is 177 Å². The van der Waals surface area contributed by atoms with Gasteiger partial charge in [-0.05, 0) is 32.0 Å². The molecule has 1 fully saturated rings. The molecule has 2 N–H and O–H groups in total. The number of sulfonamides is 1. The van der Waals surface area contributed by atoms with E-state index in [1.807, 2.05) is 36.2 Å². The molecule has 0 aliphatic carbocycles. The summed E-state index contributed by atoms with van der Waals surface area (Å²) >= 11 is 0. The van der Waals surface area contributed by atoms with Crippen LogP contribution in [0.15, 0.2) is 42.5 Å². The highest BCUT2D eigenvalue weighted by Gasteiger charge is 2.35. The Morgan fingerprint density at radius 2 is 1.93 bits per heavy atom. The number of rotatable bonds is 7. The predicted molar refractivity (Wildman–Crippen MR) is 116 cm³/mol. The molecule has 0 unspecified atom stereocenters. The largest absolute Gasteiger partial charge is 0.492 e. The summed E-state index contributed by atoms with van der Waals surface area (Å²) in [4.78, 5) is 1.88. The number of halogens is 1. The molecule has 2 atom stereocenters. The van der Waals surface area contributed by atoms with Crippen LogP contribution in [0.3, 0.4) is 0 Å². The minimum absolute atomic E-state index is 0.0423. The van der Waals surface area contributed by atoms with Crippen LogP contribution >= 0.6 is 0 Å². The molecule has 8 heteroatoms. The number of hydrogen-bond donors (Lipinski definition) is 2. The van der Waals surface area contributed by atoms with Gasteiger partial charge in [0.25, 0.3) is 0 Å². The van der Waals surface area contributed by atoms with E-state index in [9.17, 15) is 12.8 Å². The molecule has 0 aromatic heterocycles. The summed E-state index contributed by atoms with van der Waals surface area (Å²) in [5, 5.41) is 3.34. The molecule has 0 spiro atoms. The quantitative estimate of drug-likeness (QED) is 0.701. The van der Waals surface area contributed by atoms with Crippen LogP contribution in [-0.4, -0.2) is 53.0 Å². The molecule has 6 nitrogen and oxygen atoms in total. The topological polar surface area (TPSA) is 70.7 Å². The summed E-state index contributed by atoms with van der Waals surface area (Å²) < 4.78 is 46.9. The van der Waals surface area contributed by atoms with Gasteiger partial charge in [-0.2, -0.15) is 0 Å². The van der Waals surface area contributed by atoms with E-state index in [1.165, 1.54) is 11.6 Å². The van der Waals surface area contributed by atoms with Crippen LogP contribution in [-0.2, 0) is 16.4 Å². The maximum absolute atomic E-state index is 14.8. The Hall–Kier alpha value is -2.16. The minimum Gasteiger partial charge on any atom is -0.492 e. The van der Waals surface area contributed by atoms with Crippen molar-refractivity contribution < 1.29 is 17.5 Å². The molecule has 2 aromatic carbocycles. The van der Waals surface area contributed by atoms with Gasteiger partial charge >= 0.3 is 0 Å². The lowest BCUT2D eigenvalue weighted by Crippen LogP contribution is -2.59. The van der Waals surface area contributed by atoms with Gasteiger partial charge < -0.3 is 15.0 Å². The molecule has 2 heterocycles. The summed E-state index contributed by atoms with van der Waals surface area (Å²) in [5.41, 5.74) is 2.71. The predicted octanol–water partition coefficient (Wildman–Crippen LogP) is 2.26. The number of ether oxygens (including phenoxy) is 1. The van der Waals surface area contributed by atoms with Crippen LogP contribution in [0.4, 0.5) is 10.1 Å². The van der Waals surface area contributed by atoms with E-state index >= 15 is 0 Å². The van der Waals surface area contributed by atoms with E-state index in [2.05, 4.69) is 22.2 Å². The fourth-order valence-corrected chi connectivity index (χ4v) is 5.04. The summed E-state index contributed by atoms with van der Waals surface area (Å²) in [6, 6.07) is 13.5. The Morgan fingerprint density at radius 3 is 2.60 bits per heavy atom. The van der Waals surface area contributed by atoms with Crippen molar-refractivity contribution in [1.29, 1.82) is 0 Å². The SMILES string of the molecule is CCS(=O)(=O)NC1CN(c2cc3c(cc2F)OC[C@H](NC)[C@@H]3Cc2ccccc2)C1. The van der Waals surface area contributed by atoms with Gasteiger partial charge in [0.2, 0.25) is 10.0 Å². The number of nitrogens with zero attached hydrogens (tertiary/aromatic N) is 1. The van der Waals surface area contributed by atoms with Crippen LogP contribution in [0, 0.1) is 5.82 Å². The Bertz CT molecular complexity index is 994.